The summed E-state index contributed by atoms with van der Waals surface area (Å²) in [7, 11) is -4.89. The molecule has 0 aromatic rings. The number of hydrogen-bond acceptors (Lipinski definition) is 5. The molecule has 0 amide bonds. The van der Waals surface area contributed by atoms with E-state index in [0.717, 1.165) is 0 Å². The van der Waals surface area contributed by atoms with E-state index in [0.29, 0.717) is 0 Å². The van der Waals surface area contributed by atoms with Crippen molar-refractivity contribution in [2.75, 3.05) is 0 Å². The molecule has 0 heterocycles. The van der Waals surface area contributed by atoms with Crippen LogP contribution >= 0.6 is 7.82 Å². The largest absolute Gasteiger partial charge is 1.00 e. The van der Waals surface area contributed by atoms with Crippen LogP contribution < -0.4 is 64.0 Å². The summed E-state index contributed by atoms with van der Waals surface area (Å²) < 4.78 is 8.77. The molecule has 0 unspecified atom stereocenters. The van der Waals surface area contributed by atoms with Gasteiger partial charge in [0.1, 0.15) is 0 Å². The monoisotopic (exact) mass is 205 g/mol. The summed E-state index contributed by atoms with van der Waals surface area (Å²) in [5, 5.41) is 14.8. The fourth-order valence-electron chi connectivity index (χ4n) is 0. The SMILES string of the molecule is O=P([O-])(O)O.O=[N+]([O-])[O-].[Na+].[Na+]. The van der Waals surface area contributed by atoms with Crippen molar-refractivity contribution < 1.29 is 83.4 Å². The second-order valence-electron chi connectivity index (χ2n) is 0.714. The minimum atomic E-state index is -4.89. The van der Waals surface area contributed by atoms with Crippen LogP contribution in [0, 0.1) is 15.3 Å². The van der Waals surface area contributed by atoms with Crippen molar-refractivity contribution in [3.05, 3.63) is 15.3 Å². The fraction of sp³-hybridized carbons (Fsp3) is 0. The first-order valence-electron chi connectivity index (χ1n) is 1.31. The van der Waals surface area contributed by atoms with Crippen LogP contribution in [0.1, 0.15) is 0 Å². The first-order valence-corrected chi connectivity index (χ1v) is 2.84. The molecule has 56 valence electrons. The third kappa shape index (κ3) is 571. The Morgan fingerprint density at radius 1 is 1.18 bits per heavy atom. The van der Waals surface area contributed by atoms with E-state index in [2.05, 4.69) is 0 Å². The third-order valence-electron chi connectivity index (χ3n) is 0. The van der Waals surface area contributed by atoms with Crippen LogP contribution in [0.4, 0.5) is 0 Å². The van der Waals surface area contributed by atoms with Gasteiger partial charge in [0, 0.05) is 0 Å². The molecule has 11 heavy (non-hydrogen) atoms. The van der Waals surface area contributed by atoms with E-state index in [-0.39, 0.29) is 59.1 Å². The Labute approximate surface area is 106 Å². The predicted octanol–water partition coefficient (Wildman–Crippen LogP) is -7.79. The standard InChI is InChI=1S/NO3.2Na.H3O4P/c2-1(3)4;;;1-5(2,3)4/h;;;(H3,1,2,3,4)/q-1;2*+1;/p-1. The molecule has 0 aliphatic rings. The summed E-state index contributed by atoms with van der Waals surface area (Å²) >= 11 is 0. The van der Waals surface area contributed by atoms with Crippen molar-refractivity contribution in [2.24, 2.45) is 0 Å². The minimum absolute atomic E-state index is 0. The van der Waals surface area contributed by atoms with Crippen molar-refractivity contribution in [3.8, 4) is 0 Å². The molecule has 11 heteroatoms. The molecule has 0 aliphatic carbocycles. The van der Waals surface area contributed by atoms with Crippen molar-refractivity contribution in [1.29, 1.82) is 0 Å². The van der Waals surface area contributed by atoms with Gasteiger partial charge in [-0.1, -0.05) is 0 Å². The second kappa shape index (κ2) is 11.3. The summed E-state index contributed by atoms with van der Waals surface area (Å²) in [6, 6.07) is 0. The maximum Gasteiger partial charge on any atom is 1.00 e. The fourth-order valence-corrected chi connectivity index (χ4v) is 0. The van der Waals surface area contributed by atoms with Gasteiger partial charge in [-0.05, 0) is 0 Å². The molecular weight excluding hydrogens is 203 g/mol. The molecular formula is H2NNa2O7P. The Morgan fingerprint density at radius 2 is 1.18 bits per heavy atom. The summed E-state index contributed by atoms with van der Waals surface area (Å²) in [5.41, 5.74) is 0. The van der Waals surface area contributed by atoms with Crippen LogP contribution in [0.2, 0.25) is 0 Å². The Hall–Kier alpha value is 1.31. The topological polar surface area (TPSA) is 147 Å². The van der Waals surface area contributed by atoms with E-state index in [1.165, 1.54) is 0 Å². The molecule has 0 aromatic heterocycles. The quantitative estimate of drug-likeness (QED) is 0.172. The third-order valence-corrected chi connectivity index (χ3v) is 0. The van der Waals surface area contributed by atoms with Gasteiger partial charge in [-0.25, -0.2) is 0 Å². The van der Waals surface area contributed by atoms with Crippen molar-refractivity contribution >= 4 is 7.82 Å². The molecule has 0 saturated heterocycles. The van der Waals surface area contributed by atoms with E-state index in [4.69, 9.17) is 34.6 Å². The van der Waals surface area contributed by atoms with Crippen molar-refractivity contribution in [2.45, 2.75) is 0 Å². The zero-order valence-corrected chi connectivity index (χ0v) is 10.7. The minimum Gasteiger partial charge on any atom is -0.756 e. The van der Waals surface area contributed by atoms with Gasteiger partial charge in [-0.3, -0.25) is 4.57 Å². The average molecular weight is 205 g/mol. The van der Waals surface area contributed by atoms with Gasteiger partial charge in [-0.2, -0.15) is 0 Å². The Bertz CT molecular complexity index is 116. The normalized spacial score (nSPS) is 7.55. The van der Waals surface area contributed by atoms with E-state index in [1.807, 2.05) is 0 Å². The number of hydrogen-bond donors (Lipinski definition) is 2. The van der Waals surface area contributed by atoms with E-state index in [1.54, 1.807) is 0 Å². The van der Waals surface area contributed by atoms with E-state index in [9.17, 15) is 0 Å². The number of phosphoric acid groups is 1. The van der Waals surface area contributed by atoms with Crippen LogP contribution in [0.3, 0.4) is 0 Å². The molecule has 0 aliphatic heterocycles. The number of rotatable bonds is 0. The van der Waals surface area contributed by atoms with E-state index < -0.39 is 12.9 Å². The molecule has 0 aromatic carbocycles. The summed E-state index contributed by atoms with van der Waals surface area (Å²) in [4.78, 5) is 31.2. The van der Waals surface area contributed by atoms with Crippen LogP contribution in [0.5, 0.6) is 0 Å². The smallest absolute Gasteiger partial charge is 0.756 e. The average Bonchev–Trinajstić information content (AvgIpc) is 1.19. The first kappa shape index (κ1) is 22.8. The zero-order valence-electron chi connectivity index (χ0n) is 5.83. The molecule has 2 N–H and O–H groups in total. The molecule has 0 atom stereocenters. The maximum atomic E-state index is 8.77. The molecule has 8 nitrogen and oxygen atoms in total. The molecule has 0 spiro atoms. The van der Waals surface area contributed by atoms with Gasteiger partial charge in [0.05, 0.1) is 5.09 Å². The molecule has 0 radical (unpaired) electrons. The Morgan fingerprint density at radius 3 is 1.18 bits per heavy atom. The van der Waals surface area contributed by atoms with Crippen molar-refractivity contribution in [3.63, 3.8) is 0 Å². The van der Waals surface area contributed by atoms with Gasteiger partial charge < -0.3 is 30.0 Å². The summed E-state index contributed by atoms with van der Waals surface area (Å²) in [6.45, 7) is 0. The molecule has 0 rings (SSSR count). The van der Waals surface area contributed by atoms with Crippen LogP contribution in [-0.2, 0) is 4.57 Å². The Balaban J connectivity index is -0.0000000383. The van der Waals surface area contributed by atoms with Crippen molar-refractivity contribution in [1.82, 2.24) is 0 Å². The summed E-state index contributed by atoms with van der Waals surface area (Å²) in [6.07, 6.45) is 0. The predicted molar refractivity (Wildman–Crippen MR) is 22.4 cm³/mol. The second-order valence-corrected chi connectivity index (χ2v) is 1.70. The van der Waals surface area contributed by atoms with Gasteiger partial charge in [-0.15, -0.1) is 0 Å². The van der Waals surface area contributed by atoms with Crippen LogP contribution in [-0.4, -0.2) is 14.9 Å². The maximum absolute atomic E-state index is 8.77. The zero-order chi connectivity index (χ0) is 8.08. The van der Waals surface area contributed by atoms with Gasteiger partial charge in [0.2, 0.25) is 0 Å². The van der Waals surface area contributed by atoms with E-state index >= 15 is 0 Å². The molecule has 0 saturated carbocycles. The molecule has 0 bridgehead atoms. The van der Waals surface area contributed by atoms with Gasteiger partial charge in [0.15, 0.2) is 0 Å². The van der Waals surface area contributed by atoms with Crippen LogP contribution in [0.15, 0.2) is 0 Å². The first-order chi connectivity index (χ1) is 3.73. The summed E-state index contributed by atoms with van der Waals surface area (Å²) in [5.74, 6) is 0. The Kier molecular flexibility index (Phi) is 23.4. The van der Waals surface area contributed by atoms with Gasteiger partial charge >= 0.3 is 59.1 Å². The number of nitrogens with zero attached hydrogens (tertiary/aromatic N) is 1. The van der Waals surface area contributed by atoms with Crippen LogP contribution in [0.25, 0.3) is 0 Å². The molecule has 0 fully saturated rings. The van der Waals surface area contributed by atoms with Gasteiger partial charge in [0.25, 0.3) is 7.82 Å².